The zero-order valence-electron chi connectivity index (χ0n) is 12.1. The maximum atomic E-state index is 11.3. The topological polar surface area (TPSA) is 51.2 Å². The molecule has 0 spiro atoms. The molecule has 1 N–H and O–H groups in total. The first kappa shape index (κ1) is 15.9. The van der Waals surface area contributed by atoms with Crippen LogP contribution in [0.15, 0.2) is 34.5 Å². The number of aromatic nitrogens is 1. The Morgan fingerprint density at radius 1 is 1.38 bits per heavy atom. The molecule has 21 heavy (non-hydrogen) atoms. The van der Waals surface area contributed by atoms with Crippen LogP contribution in [0.1, 0.15) is 19.0 Å². The van der Waals surface area contributed by atoms with Crippen LogP contribution in [0, 0.1) is 0 Å². The van der Waals surface area contributed by atoms with Crippen molar-refractivity contribution < 1.29 is 9.53 Å². The summed E-state index contributed by atoms with van der Waals surface area (Å²) in [5.41, 5.74) is 1.93. The van der Waals surface area contributed by atoms with Crippen LogP contribution in [0.4, 0.5) is 10.8 Å². The van der Waals surface area contributed by atoms with Crippen molar-refractivity contribution in [2.75, 3.05) is 18.2 Å². The van der Waals surface area contributed by atoms with E-state index in [2.05, 4.69) is 28.7 Å². The van der Waals surface area contributed by atoms with Gasteiger partial charge in [0.25, 0.3) is 0 Å². The fourth-order valence-corrected chi connectivity index (χ4v) is 2.91. The molecule has 4 nitrogen and oxygen atoms in total. The van der Waals surface area contributed by atoms with Crippen molar-refractivity contribution in [1.29, 1.82) is 0 Å². The maximum Gasteiger partial charge on any atom is 0.306 e. The number of thiazole rings is 1. The molecule has 1 aromatic carbocycles. The van der Waals surface area contributed by atoms with Crippen molar-refractivity contribution in [2.24, 2.45) is 0 Å². The molecular weight excluding hydrogens is 304 g/mol. The van der Waals surface area contributed by atoms with Crippen LogP contribution in [0.3, 0.4) is 0 Å². The summed E-state index contributed by atoms with van der Waals surface area (Å²) in [6, 6.07) is 8.21. The summed E-state index contributed by atoms with van der Waals surface area (Å²) in [4.78, 5) is 17.0. The molecule has 2 aromatic rings. The monoisotopic (exact) mass is 322 g/mol. The highest BCUT2D eigenvalue weighted by atomic mass is 32.2. The van der Waals surface area contributed by atoms with Crippen molar-refractivity contribution in [3.05, 3.63) is 35.3 Å². The predicted octanol–water partition coefficient (Wildman–Crippen LogP) is 4.10. The van der Waals surface area contributed by atoms with Crippen LogP contribution in [-0.2, 0) is 16.0 Å². The number of nitrogens with one attached hydrogen (secondary N) is 1. The highest BCUT2D eigenvalue weighted by molar-refractivity contribution is 7.98. The van der Waals surface area contributed by atoms with E-state index in [1.165, 1.54) is 16.2 Å². The van der Waals surface area contributed by atoms with Crippen molar-refractivity contribution in [3.63, 3.8) is 0 Å². The Bertz CT molecular complexity index is 582. The van der Waals surface area contributed by atoms with Gasteiger partial charge in [0.05, 0.1) is 18.7 Å². The Morgan fingerprint density at radius 2 is 2.14 bits per heavy atom. The highest BCUT2D eigenvalue weighted by Crippen LogP contribution is 2.23. The molecule has 112 valence electrons. The Hall–Kier alpha value is -1.53. The molecule has 0 radical (unpaired) electrons. The lowest BCUT2D eigenvalue weighted by molar-refractivity contribution is -0.143. The van der Waals surface area contributed by atoms with Gasteiger partial charge in [0, 0.05) is 22.4 Å². The third-order valence-electron chi connectivity index (χ3n) is 2.78. The molecular formula is C15H18N2O2S2. The quantitative estimate of drug-likeness (QED) is 0.614. The second kappa shape index (κ2) is 8.05. The molecule has 0 unspecified atom stereocenters. The van der Waals surface area contributed by atoms with Gasteiger partial charge < -0.3 is 10.1 Å². The minimum absolute atomic E-state index is 0.173. The minimum Gasteiger partial charge on any atom is -0.466 e. The number of carbonyl (C=O) groups excluding carboxylic acids is 1. The van der Waals surface area contributed by atoms with E-state index in [-0.39, 0.29) is 5.97 Å². The van der Waals surface area contributed by atoms with E-state index in [1.807, 2.05) is 24.4 Å². The predicted molar refractivity (Wildman–Crippen MR) is 88.6 cm³/mol. The molecule has 0 saturated heterocycles. The fourth-order valence-electron chi connectivity index (χ4n) is 1.74. The molecule has 0 atom stereocenters. The number of hydrogen-bond acceptors (Lipinski definition) is 6. The van der Waals surface area contributed by atoms with Gasteiger partial charge in [0.15, 0.2) is 5.13 Å². The molecule has 1 heterocycles. The maximum absolute atomic E-state index is 11.3. The summed E-state index contributed by atoms with van der Waals surface area (Å²) >= 11 is 3.26. The molecule has 0 saturated carbocycles. The largest absolute Gasteiger partial charge is 0.466 e. The van der Waals surface area contributed by atoms with E-state index in [0.29, 0.717) is 19.4 Å². The number of anilines is 2. The Labute approximate surface area is 132 Å². The fraction of sp³-hybridized carbons (Fsp3) is 0.333. The Kier molecular flexibility index (Phi) is 6.07. The first-order valence-electron chi connectivity index (χ1n) is 6.72. The molecule has 0 aliphatic rings. The zero-order chi connectivity index (χ0) is 15.1. The lowest BCUT2D eigenvalue weighted by Gasteiger charge is -2.03. The average molecular weight is 322 g/mol. The van der Waals surface area contributed by atoms with Crippen molar-refractivity contribution in [1.82, 2.24) is 4.98 Å². The van der Waals surface area contributed by atoms with Gasteiger partial charge in [0.2, 0.25) is 0 Å². The number of carbonyl (C=O) groups is 1. The lowest BCUT2D eigenvalue weighted by atomic mass is 10.2. The van der Waals surface area contributed by atoms with Crippen LogP contribution in [0.25, 0.3) is 0 Å². The van der Waals surface area contributed by atoms with Gasteiger partial charge in [-0.1, -0.05) is 0 Å². The summed E-state index contributed by atoms with van der Waals surface area (Å²) in [6.07, 6.45) is 3.04. The van der Waals surface area contributed by atoms with Crippen LogP contribution in [-0.4, -0.2) is 23.8 Å². The SMILES string of the molecule is CCOC(=O)CCc1csc(Nc2ccc(SC)cc2)n1. The number of ether oxygens (including phenoxy) is 1. The highest BCUT2D eigenvalue weighted by Gasteiger charge is 2.06. The van der Waals surface area contributed by atoms with Crippen molar-refractivity contribution in [2.45, 2.75) is 24.7 Å². The van der Waals surface area contributed by atoms with Crippen LogP contribution >= 0.6 is 23.1 Å². The lowest BCUT2D eigenvalue weighted by Crippen LogP contribution is -2.05. The molecule has 1 aromatic heterocycles. The van der Waals surface area contributed by atoms with Crippen molar-refractivity contribution in [3.8, 4) is 0 Å². The second-order valence-electron chi connectivity index (χ2n) is 4.30. The number of rotatable bonds is 7. The van der Waals surface area contributed by atoms with Crippen LogP contribution < -0.4 is 5.32 Å². The van der Waals surface area contributed by atoms with Crippen molar-refractivity contribution >= 4 is 39.9 Å². The van der Waals surface area contributed by atoms with Gasteiger partial charge >= 0.3 is 5.97 Å². The second-order valence-corrected chi connectivity index (χ2v) is 6.04. The van der Waals surface area contributed by atoms with E-state index in [9.17, 15) is 4.79 Å². The van der Waals surface area contributed by atoms with Gasteiger partial charge in [-0.15, -0.1) is 23.1 Å². The average Bonchev–Trinajstić information content (AvgIpc) is 2.94. The van der Waals surface area contributed by atoms with E-state index in [0.717, 1.165) is 16.5 Å². The number of aryl methyl sites for hydroxylation is 1. The molecule has 0 aliphatic heterocycles. The smallest absolute Gasteiger partial charge is 0.306 e. The molecule has 0 aliphatic carbocycles. The first-order chi connectivity index (χ1) is 10.2. The van der Waals surface area contributed by atoms with Gasteiger partial charge in [-0.05, 0) is 37.4 Å². The molecule has 6 heteroatoms. The number of thioether (sulfide) groups is 1. The zero-order valence-corrected chi connectivity index (χ0v) is 13.7. The summed E-state index contributed by atoms with van der Waals surface area (Å²) in [5.74, 6) is -0.173. The molecule has 0 bridgehead atoms. The van der Waals surface area contributed by atoms with Crippen LogP contribution in [0.2, 0.25) is 0 Å². The van der Waals surface area contributed by atoms with Gasteiger partial charge in [-0.3, -0.25) is 4.79 Å². The molecule has 0 amide bonds. The van der Waals surface area contributed by atoms with E-state index < -0.39 is 0 Å². The number of hydrogen-bond donors (Lipinski definition) is 1. The summed E-state index contributed by atoms with van der Waals surface area (Å²) in [7, 11) is 0. The Morgan fingerprint density at radius 3 is 2.81 bits per heavy atom. The standard InChI is InChI=1S/C15H18N2O2S2/c1-3-19-14(18)9-6-12-10-21-15(17-12)16-11-4-7-13(20-2)8-5-11/h4-5,7-8,10H,3,6,9H2,1-2H3,(H,16,17). The van der Waals surface area contributed by atoms with E-state index in [1.54, 1.807) is 11.8 Å². The summed E-state index contributed by atoms with van der Waals surface area (Å²) in [5, 5.41) is 6.08. The normalized spacial score (nSPS) is 10.4. The Balaban J connectivity index is 1.88. The van der Waals surface area contributed by atoms with Gasteiger partial charge in [-0.2, -0.15) is 0 Å². The third kappa shape index (κ3) is 5.06. The third-order valence-corrected chi connectivity index (χ3v) is 4.33. The number of esters is 1. The molecule has 0 fully saturated rings. The number of nitrogens with zero attached hydrogens (tertiary/aromatic N) is 1. The number of benzene rings is 1. The van der Waals surface area contributed by atoms with Gasteiger partial charge in [0.1, 0.15) is 0 Å². The van der Waals surface area contributed by atoms with E-state index in [4.69, 9.17) is 4.74 Å². The van der Waals surface area contributed by atoms with Gasteiger partial charge in [-0.25, -0.2) is 4.98 Å². The van der Waals surface area contributed by atoms with E-state index >= 15 is 0 Å². The molecule has 2 rings (SSSR count). The summed E-state index contributed by atoms with van der Waals surface area (Å²) < 4.78 is 4.91. The van der Waals surface area contributed by atoms with Crippen LogP contribution in [0.5, 0.6) is 0 Å². The minimum atomic E-state index is -0.173. The summed E-state index contributed by atoms with van der Waals surface area (Å²) in [6.45, 7) is 2.24. The first-order valence-corrected chi connectivity index (χ1v) is 8.82.